The molecule has 2 atom stereocenters. The van der Waals surface area contributed by atoms with Crippen LogP contribution in [-0.2, 0) is 18.6 Å². The van der Waals surface area contributed by atoms with Gasteiger partial charge in [0.1, 0.15) is 0 Å². The summed E-state index contributed by atoms with van der Waals surface area (Å²) >= 11 is -1.98. The average Bonchev–Trinajstić information content (AvgIpc) is 3.41. The van der Waals surface area contributed by atoms with Crippen LogP contribution in [0.15, 0.2) is 108 Å². The number of rotatable bonds is 4. The van der Waals surface area contributed by atoms with E-state index in [0.717, 1.165) is 0 Å². The Morgan fingerprint density at radius 3 is 1.29 bits per heavy atom. The van der Waals surface area contributed by atoms with Crippen molar-refractivity contribution in [3.63, 3.8) is 0 Å². The fourth-order valence-electron chi connectivity index (χ4n) is 6.41. The Morgan fingerprint density at radius 2 is 0.921 bits per heavy atom. The Morgan fingerprint density at radius 1 is 0.526 bits per heavy atom. The first kappa shape index (κ1) is 29.4. The van der Waals surface area contributed by atoms with Crippen molar-refractivity contribution in [1.29, 1.82) is 0 Å². The van der Waals surface area contributed by atoms with Crippen LogP contribution in [0.2, 0.25) is 11.5 Å². The van der Waals surface area contributed by atoms with Crippen molar-refractivity contribution < 1.29 is 43.4 Å². The summed E-state index contributed by atoms with van der Waals surface area (Å²) in [6.07, 6.45) is 5.08. The Hall–Kier alpha value is -1.63. The fourth-order valence-corrected chi connectivity index (χ4v) is 39.6. The van der Waals surface area contributed by atoms with E-state index in [2.05, 4.69) is 135 Å². The monoisotopic (exact) mass is 674 g/mol. The van der Waals surface area contributed by atoms with E-state index >= 15 is 0 Å². The van der Waals surface area contributed by atoms with Gasteiger partial charge in [-0.1, -0.05) is 0 Å². The van der Waals surface area contributed by atoms with Gasteiger partial charge in [-0.2, -0.15) is 0 Å². The van der Waals surface area contributed by atoms with Gasteiger partial charge in [0.25, 0.3) is 0 Å². The Labute approximate surface area is 248 Å². The van der Waals surface area contributed by atoms with Gasteiger partial charge in [-0.25, -0.2) is 0 Å². The normalized spacial score (nSPS) is 16.6. The zero-order valence-corrected chi connectivity index (χ0v) is 28.4. The Kier molecular flexibility index (Phi) is 9.47. The Balaban J connectivity index is 0.00000168. The molecular formula is C34H32Cl2GeZr. The molecule has 6 rings (SSSR count). The molecule has 0 aliphatic heterocycles. The maximum Gasteiger partial charge on any atom is -1.00 e. The summed E-state index contributed by atoms with van der Waals surface area (Å²) in [5.41, 5.74) is 14.9. The number of benzene rings is 4. The molecule has 4 aromatic carbocycles. The minimum absolute atomic E-state index is 0. The molecule has 0 amide bonds. The summed E-state index contributed by atoms with van der Waals surface area (Å²) in [5.74, 6) is 5.35. The molecule has 0 saturated heterocycles. The molecule has 0 bridgehead atoms. The third kappa shape index (κ3) is 5.13. The predicted molar refractivity (Wildman–Crippen MR) is 154 cm³/mol. The summed E-state index contributed by atoms with van der Waals surface area (Å²) in [6.45, 7) is 4.85. The van der Waals surface area contributed by atoms with Gasteiger partial charge in [-0.05, 0) is 0 Å². The largest absolute Gasteiger partial charge is 1.00 e. The van der Waals surface area contributed by atoms with Crippen LogP contribution in [0.25, 0.3) is 34.4 Å². The van der Waals surface area contributed by atoms with Crippen LogP contribution in [0.1, 0.15) is 43.4 Å². The summed E-state index contributed by atoms with van der Waals surface area (Å²) in [5, 5.41) is 0. The van der Waals surface area contributed by atoms with Crippen LogP contribution in [-0.4, -0.2) is 9.98 Å². The standard InChI is InChI=1S/2C16H13.C2H6Ge.2ClH.Zr/c2*1-12-10-14-8-5-9-15(16(14)11-12)13-6-3-2-4-7-13;1-3-2;;;/h2*2-11H,1H3;1-2H3;2*1H;/q;;;;;+2/p-2. The van der Waals surface area contributed by atoms with E-state index in [0.29, 0.717) is 7.25 Å². The van der Waals surface area contributed by atoms with Gasteiger partial charge in [0.15, 0.2) is 0 Å². The van der Waals surface area contributed by atoms with E-state index in [1.165, 1.54) is 33.4 Å². The van der Waals surface area contributed by atoms with E-state index in [1.54, 1.807) is 22.3 Å². The van der Waals surface area contributed by atoms with Gasteiger partial charge in [0.2, 0.25) is 0 Å². The molecule has 0 nitrogen and oxygen atoms in total. The van der Waals surface area contributed by atoms with Crippen molar-refractivity contribution in [2.75, 3.05) is 0 Å². The third-order valence-electron chi connectivity index (χ3n) is 7.93. The first-order chi connectivity index (χ1) is 17.5. The second-order valence-electron chi connectivity index (χ2n) is 10.4. The molecule has 0 aromatic heterocycles. The van der Waals surface area contributed by atoms with Gasteiger partial charge in [-0.3, -0.25) is 0 Å². The SMILES string of the molecule is CC1=Cc2c(-c3ccccc3)cccc2[CH]1[Zr+2]([CH]1C(C)=Cc2c(-c3ccccc3)cccc21)=[Ge]([CH3])[CH3].[Cl-].[Cl-]. The molecule has 2 aliphatic carbocycles. The topological polar surface area (TPSA) is 0 Å². The minimum atomic E-state index is -1.98. The van der Waals surface area contributed by atoms with Gasteiger partial charge < -0.3 is 24.8 Å². The molecule has 2 aliphatic rings. The molecule has 2 unspecified atom stereocenters. The van der Waals surface area contributed by atoms with E-state index in [4.69, 9.17) is 0 Å². The number of hydrogen-bond acceptors (Lipinski definition) is 0. The summed E-state index contributed by atoms with van der Waals surface area (Å²) in [7, 11) is -1.17. The van der Waals surface area contributed by atoms with Crippen LogP contribution in [0.3, 0.4) is 0 Å². The molecule has 0 radical (unpaired) electrons. The molecule has 4 heteroatoms. The first-order valence-electron chi connectivity index (χ1n) is 12.9. The number of halogens is 2. The smallest absolute Gasteiger partial charge is 1.00 e. The van der Waals surface area contributed by atoms with Crippen LogP contribution in [0.5, 0.6) is 0 Å². The van der Waals surface area contributed by atoms with Crippen molar-refractivity contribution in [2.45, 2.75) is 32.6 Å². The number of fused-ring (bicyclic) bond motifs is 2. The van der Waals surface area contributed by atoms with Gasteiger partial charge >= 0.3 is 226 Å². The molecule has 0 saturated carbocycles. The molecule has 0 N–H and O–H groups in total. The molecule has 4 aromatic rings. The van der Waals surface area contributed by atoms with Gasteiger partial charge in [-0.15, -0.1) is 0 Å². The van der Waals surface area contributed by atoms with E-state index in [1.807, 2.05) is 0 Å². The molecule has 0 spiro atoms. The van der Waals surface area contributed by atoms with Crippen LogP contribution < -0.4 is 24.8 Å². The predicted octanol–water partition coefficient (Wildman–Crippen LogP) is 3.51. The van der Waals surface area contributed by atoms with Crippen molar-refractivity contribution >= 4 is 22.1 Å². The van der Waals surface area contributed by atoms with Crippen molar-refractivity contribution in [3.05, 3.63) is 130 Å². The summed E-state index contributed by atoms with van der Waals surface area (Å²) < 4.78 is 1.38. The van der Waals surface area contributed by atoms with Gasteiger partial charge in [0, 0.05) is 0 Å². The zero-order chi connectivity index (χ0) is 24.8. The zero-order valence-electron chi connectivity index (χ0n) is 22.3. The van der Waals surface area contributed by atoms with E-state index < -0.39 is 28.6 Å². The van der Waals surface area contributed by atoms with Crippen molar-refractivity contribution in [3.8, 4) is 22.3 Å². The number of allylic oxidation sites excluding steroid dienone is 2. The van der Waals surface area contributed by atoms with Crippen LogP contribution in [0, 0.1) is 0 Å². The molecule has 0 heterocycles. The number of hydrogen-bond donors (Lipinski definition) is 0. The van der Waals surface area contributed by atoms with Gasteiger partial charge in [0.05, 0.1) is 0 Å². The average molecular weight is 675 g/mol. The summed E-state index contributed by atoms with van der Waals surface area (Å²) in [4.78, 5) is 0. The van der Waals surface area contributed by atoms with E-state index in [9.17, 15) is 0 Å². The third-order valence-corrected chi connectivity index (χ3v) is 39.1. The van der Waals surface area contributed by atoms with Crippen LogP contribution in [0.4, 0.5) is 0 Å². The summed E-state index contributed by atoms with van der Waals surface area (Å²) in [6, 6.07) is 36.1. The second-order valence-corrected chi connectivity index (χ2v) is 39.7. The van der Waals surface area contributed by atoms with Crippen molar-refractivity contribution in [2.24, 2.45) is 0 Å². The molecule has 38 heavy (non-hydrogen) atoms. The Bertz CT molecular complexity index is 1450. The van der Waals surface area contributed by atoms with Crippen LogP contribution >= 0.6 is 0 Å². The molecule has 190 valence electrons. The minimum Gasteiger partial charge on any atom is -1.00 e. The van der Waals surface area contributed by atoms with Crippen molar-refractivity contribution in [1.82, 2.24) is 0 Å². The first-order valence-corrected chi connectivity index (χ1v) is 27.4. The second kappa shape index (κ2) is 12.3. The molecular weight excluding hydrogens is 643 g/mol. The molecule has 0 fully saturated rings. The fraction of sp³-hybridized carbons (Fsp3) is 0.176. The quantitative estimate of drug-likeness (QED) is 0.291. The maximum atomic E-state index is 2.67. The van der Waals surface area contributed by atoms with E-state index in [-0.39, 0.29) is 24.8 Å². The maximum absolute atomic E-state index is 2.67.